The number of nitrogens with zero attached hydrogens (tertiary/aromatic N) is 1. The molecule has 1 atom stereocenters. The molecule has 0 bridgehead atoms. The molecule has 0 aliphatic heterocycles. The van der Waals surface area contributed by atoms with Crippen LogP contribution in [-0.2, 0) is 6.42 Å². The Morgan fingerprint density at radius 1 is 1.33 bits per heavy atom. The largest absolute Gasteiger partial charge is 0.375 e. The molecule has 0 radical (unpaired) electrons. The molecule has 4 heteroatoms. The van der Waals surface area contributed by atoms with Gasteiger partial charge in [-0.3, -0.25) is 0 Å². The molecule has 21 heavy (non-hydrogen) atoms. The van der Waals surface area contributed by atoms with E-state index in [2.05, 4.69) is 53.7 Å². The number of anilines is 1. The van der Waals surface area contributed by atoms with Gasteiger partial charge in [0.1, 0.15) is 0 Å². The van der Waals surface area contributed by atoms with Crippen LogP contribution in [0.2, 0.25) is 4.34 Å². The van der Waals surface area contributed by atoms with Crippen molar-refractivity contribution >= 4 is 28.6 Å². The van der Waals surface area contributed by atoms with Gasteiger partial charge >= 0.3 is 0 Å². The molecule has 0 saturated carbocycles. The second-order valence-corrected chi connectivity index (χ2v) is 7.35. The highest BCUT2D eigenvalue weighted by atomic mass is 35.5. The Morgan fingerprint density at radius 2 is 2.14 bits per heavy atom. The van der Waals surface area contributed by atoms with E-state index >= 15 is 0 Å². The average Bonchev–Trinajstić information content (AvgIpc) is 3.04. The van der Waals surface area contributed by atoms with Crippen LogP contribution in [0.5, 0.6) is 0 Å². The van der Waals surface area contributed by atoms with Gasteiger partial charge in [0.05, 0.1) is 4.34 Å². The summed E-state index contributed by atoms with van der Waals surface area (Å²) < 4.78 is 0.926. The molecule has 0 fully saturated rings. The Balaban J connectivity index is 1.43. The van der Waals surface area contributed by atoms with Crippen molar-refractivity contribution in [2.75, 3.05) is 25.0 Å². The quantitative estimate of drug-likeness (QED) is 0.788. The second-order valence-electron chi connectivity index (χ2n) is 5.59. The highest BCUT2D eigenvalue weighted by molar-refractivity contribution is 7.16. The van der Waals surface area contributed by atoms with Crippen molar-refractivity contribution < 1.29 is 0 Å². The highest BCUT2D eigenvalue weighted by Gasteiger charge is 2.24. The van der Waals surface area contributed by atoms with Gasteiger partial charge in [0.2, 0.25) is 0 Å². The summed E-state index contributed by atoms with van der Waals surface area (Å²) in [7, 11) is 2.15. The zero-order valence-electron chi connectivity index (χ0n) is 12.3. The number of benzene rings is 1. The second kappa shape index (κ2) is 6.82. The van der Waals surface area contributed by atoms with Crippen molar-refractivity contribution in [2.24, 2.45) is 0 Å². The lowest BCUT2D eigenvalue weighted by Gasteiger charge is -2.20. The average molecular weight is 321 g/mol. The number of hydrogen-bond donors (Lipinski definition) is 1. The summed E-state index contributed by atoms with van der Waals surface area (Å²) in [5.41, 5.74) is 2.71. The molecule has 3 rings (SSSR count). The predicted octanol–water partition coefficient (Wildman–Crippen LogP) is 4.50. The SMILES string of the molecule is CN(CCCNC1CCc2sc(Cl)cc21)c1ccccc1. The molecule has 0 saturated heterocycles. The summed E-state index contributed by atoms with van der Waals surface area (Å²) in [6.45, 7) is 2.12. The molecule has 112 valence electrons. The number of rotatable bonds is 6. The molecule has 1 heterocycles. The van der Waals surface area contributed by atoms with E-state index in [0.29, 0.717) is 6.04 Å². The summed E-state index contributed by atoms with van der Waals surface area (Å²) in [5, 5.41) is 3.68. The van der Waals surface area contributed by atoms with Crippen LogP contribution < -0.4 is 10.2 Å². The fraction of sp³-hybridized carbons (Fsp3) is 0.412. The summed E-state index contributed by atoms with van der Waals surface area (Å²) >= 11 is 7.84. The third-order valence-corrected chi connectivity index (χ3v) is 5.44. The first kappa shape index (κ1) is 14.9. The van der Waals surface area contributed by atoms with Crippen molar-refractivity contribution in [1.82, 2.24) is 5.32 Å². The topological polar surface area (TPSA) is 15.3 Å². The standard InChI is InChI=1S/C17H21ClN2S/c1-20(13-6-3-2-4-7-13)11-5-10-19-15-8-9-16-14(15)12-17(18)21-16/h2-4,6-7,12,15,19H,5,8-11H2,1H3. The molecule has 2 aromatic rings. The molecule has 1 aromatic heterocycles. The lowest BCUT2D eigenvalue weighted by atomic mass is 10.2. The molecule has 1 aliphatic carbocycles. The maximum Gasteiger partial charge on any atom is 0.0934 e. The Hall–Kier alpha value is -1.03. The van der Waals surface area contributed by atoms with Crippen LogP contribution in [0.1, 0.15) is 29.3 Å². The predicted molar refractivity (Wildman–Crippen MR) is 92.7 cm³/mol. The van der Waals surface area contributed by atoms with E-state index in [1.807, 2.05) is 0 Å². The van der Waals surface area contributed by atoms with Gasteiger partial charge in [-0.25, -0.2) is 0 Å². The van der Waals surface area contributed by atoms with Crippen molar-refractivity contribution in [3.63, 3.8) is 0 Å². The third-order valence-electron chi connectivity index (χ3n) is 4.11. The van der Waals surface area contributed by atoms with Crippen molar-refractivity contribution in [2.45, 2.75) is 25.3 Å². The van der Waals surface area contributed by atoms with E-state index in [0.717, 1.165) is 23.8 Å². The van der Waals surface area contributed by atoms with Gasteiger partial charge in [-0.15, -0.1) is 11.3 Å². The number of aryl methyl sites for hydroxylation is 1. The summed E-state index contributed by atoms with van der Waals surface area (Å²) in [6.07, 6.45) is 3.54. The molecule has 1 aromatic carbocycles. The summed E-state index contributed by atoms with van der Waals surface area (Å²) in [4.78, 5) is 3.78. The Labute approximate surface area is 135 Å². The number of thiophene rings is 1. The van der Waals surface area contributed by atoms with Gasteiger partial charge in [0.25, 0.3) is 0 Å². The smallest absolute Gasteiger partial charge is 0.0934 e. The molecule has 1 aliphatic rings. The van der Waals surface area contributed by atoms with Crippen molar-refractivity contribution in [3.05, 3.63) is 51.2 Å². The fourth-order valence-corrected chi connectivity index (χ4v) is 4.30. The monoisotopic (exact) mass is 320 g/mol. The van der Waals surface area contributed by atoms with Gasteiger partial charge in [-0.05, 0) is 49.6 Å². The van der Waals surface area contributed by atoms with E-state index in [-0.39, 0.29) is 0 Å². The lowest BCUT2D eigenvalue weighted by Crippen LogP contribution is -2.25. The first-order chi connectivity index (χ1) is 10.2. The maximum atomic E-state index is 6.10. The van der Waals surface area contributed by atoms with Crippen LogP contribution in [0, 0.1) is 0 Å². The van der Waals surface area contributed by atoms with Crippen LogP contribution in [0.25, 0.3) is 0 Å². The molecular formula is C17H21ClN2S. The Morgan fingerprint density at radius 3 is 2.95 bits per heavy atom. The minimum Gasteiger partial charge on any atom is -0.375 e. The lowest BCUT2D eigenvalue weighted by molar-refractivity contribution is 0.521. The van der Waals surface area contributed by atoms with E-state index in [1.165, 1.54) is 29.0 Å². The fourth-order valence-electron chi connectivity index (χ4n) is 2.95. The van der Waals surface area contributed by atoms with E-state index < -0.39 is 0 Å². The first-order valence-electron chi connectivity index (χ1n) is 7.52. The van der Waals surface area contributed by atoms with Crippen LogP contribution in [-0.4, -0.2) is 20.1 Å². The van der Waals surface area contributed by atoms with Gasteiger partial charge in [0.15, 0.2) is 0 Å². The normalized spacial score (nSPS) is 17.0. The van der Waals surface area contributed by atoms with Gasteiger partial charge in [-0.1, -0.05) is 29.8 Å². The van der Waals surface area contributed by atoms with E-state index in [9.17, 15) is 0 Å². The van der Waals surface area contributed by atoms with Crippen LogP contribution in [0.15, 0.2) is 36.4 Å². The summed E-state index contributed by atoms with van der Waals surface area (Å²) in [5.74, 6) is 0. The van der Waals surface area contributed by atoms with E-state index in [1.54, 1.807) is 11.3 Å². The highest BCUT2D eigenvalue weighted by Crippen LogP contribution is 2.39. The first-order valence-corrected chi connectivity index (χ1v) is 8.71. The number of hydrogen-bond acceptors (Lipinski definition) is 3. The Kier molecular flexibility index (Phi) is 4.84. The van der Waals surface area contributed by atoms with Gasteiger partial charge in [-0.2, -0.15) is 0 Å². The minimum atomic E-state index is 0.505. The molecular weight excluding hydrogens is 300 g/mol. The summed E-state index contributed by atoms with van der Waals surface area (Å²) in [6, 6.07) is 13.2. The van der Waals surface area contributed by atoms with Crippen LogP contribution in [0.3, 0.4) is 0 Å². The number of para-hydroxylation sites is 1. The number of nitrogens with one attached hydrogen (secondary N) is 1. The maximum absolute atomic E-state index is 6.10. The minimum absolute atomic E-state index is 0.505. The zero-order valence-corrected chi connectivity index (χ0v) is 13.9. The number of halogens is 1. The molecule has 2 nitrogen and oxygen atoms in total. The molecule has 1 unspecified atom stereocenters. The van der Waals surface area contributed by atoms with Gasteiger partial charge in [0, 0.05) is 30.2 Å². The van der Waals surface area contributed by atoms with E-state index in [4.69, 9.17) is 11.6 Å². The van der Waals surface area contributed by atoms with Crippen LogP contribution in [0.4, 0.5) is 5.69 Å². The van der Waals surface area contributed by atoms with Crippen molar-refractivity contribution in [1.29, 1.82) is 0 Å². The third kappa shape index (κ3) is 3.60. The van der Waals surface area contributed by atoms with Crippen LogP contribution >= 0.6 is 22.9 Å². The molecule has 1 N–H and O–H groups in total. The van der Waals surface area contributed by atoms with Gasteiger partial charge < -0.3 is 10.2 Å². The molecule has 0 spiro atoms. The zero-order chi connectivity index (χ0) is 14.7. The van der Waals surface area contributed by atoms with Crippen molar-refractivity contribution in [3.8, 4) is 0 Å². The molecule has 0 amide bonds. The Bertz CT molecular complexity index is 582. The number of fused-ring (bicyclic) bond motifs is 1.